The fourth-order valence-electron chi connectivity index (χ4n) is 10.2. The van der Waals surface area contributed by atoms with E-state index >= 15 is 0 Å². The van der Waals surface area contributed by atoms with Gasteiger partial charge in [-0.25, -0.2) is 0 Å². The van der Waals surface area contributed by atoms with E-state index in [0.717, 1.165) is 38.5 Å². The first-order valence-electron chi connectivity index (χ1n) is 14.9. The average molecular weight is 519 g/mol. The average Bonchev–Trinajstić information content (AvgIpc) is 3.19. The summed E-state index contributed by atoms with van der Waals surface area (Å²) in [4.78, 5) is 36.1. The Morgan fingerprint density at radius 3 is 2.16 bits per heavy atom. The van der Waals surface area contributed by atoms with Crippen LogP contribution in [0.5, 0.6) is 0 Å². The normalized spacial score (nSPS) is 43.5. The highest BCUT2D eigenvalue weighted by molar-refractivity contribution is 5.69. The van der Waals surface area contributed by atoms with E-state index in [9.17, 15) is 14.4 Å². The second-order valence-electron chi connectivity index (χ2n) is 13.4. The lowest BCUT2D eigenvalue weighted by atomic mass is 9.41. The topological polar surface area (TPSA) is 78.9 Å². The van der Waals surface area contributed by atoms with Crippen LogP contribution in [0.15, 0.2) is 0 Å². The first-order chi connectivity index (χ1) is 17.5. The SMILES string of the molecule is CC[C@H]1[C@@H](OC(C)=O)[C@@H]2[C@H](CC[C@]3(C)[C@@H]([C@H](C)CCC(=O)OC)CC[C@@H]23)[C@@]2(C)CC[C@@H](OC(C)=O)C[C@@H]12. The van der Waals surface area contributed by atoms with Gasteiger partial charge in [-0.2, -0.15) is 0 Å². The predicted octanol–water partition coefficient (Wildman–Crippen LogP) is 6.34. The number of hydrogen-bond donors (Lipinski definition) is 0. The van der Waals surface area contributed by atoms with E-state index in [1.165, 1.54) is 33.3 Å². The van der Waals surface area contributed by atoms with E-state index in [0.29, 0.717) is 41.9 Å². The third-order valence-electron chi connectivity index (χ3n) is 11.8. The first kappa shape index (κ1) is 28.4. The molecule has 4 rings (SSSR count). The largest absolute Gasteiger partial charge is 0.469 e. The molecule has 11 atom stereocenters. The van der Waals surface area contributed by atoms with E-state index in [-0.39, 0.29) is 46.9 Å². The Balaban J connectivity index is 1.65. The van der Waals surface area contributed by atoms with Gasteiger partial charge in [0, 0.05) is 26.2 Å². The van der Waals surface area contributed by atoms with Crippen LogP contribution in [-0.2, 0) is 28.6 Å². The number of carbonyl (C=O) groups is 3. The molecule has 0 aromatic rings. The van der Waals surface area contributed by atoms with Crippen molar-refractivity contribution in [3.63, 3.8) is 0 Å². The molecule has 4 aliphatic carbocycles. The fourth-order valence-corrected chi connectivity index (χ4v) is 10.2. The lowest BCUT2D eigenvalue weighted by molar-refractivity contribution is -0.219. The van der Waals surface area contributed by atoms with Gasteiger partial charge in [0.25, 0.3) is 0 Å². The zero-order valence-corrected chi connectivity index (χ0v) is 24.2. The second-order valence-corrected chi connectivity index (χ2v) is 13.4. The second kappa shape index (κ2) is 10.9. The smallest absolute Gasteiger partial charge is 0.305 e. The van der Waals surface area contributed by atoms with Crippen LogP contribution in [0.3, 0.4) is 0 Å². The first-order valence-corrected chi connectivity index (χ1v) is 14.9. The van der Waals surface area contributed by atoms with Crippen molar-refractivity contribution in [3.8, 4) is 0 Å². The summed E-state index contributed by atoms with van der Waals surface area (Å²) in [7, 11) is 1.47. The molecule has 6 nitrogen and oxygen atoms in total. The number of methoxy groups -OCH3 is 1. The van der Waals surface area contributed by atoms with Crippen LogP contribution >= 0.6 is 0 Å². The van der Waals surface area contributed by atoms with Crippen LogP contribution in [-0.4, -0.2) is 37.2 Å². The van der Waals surface area contributed by atoms with Crippen molar-refractivity contribution in [3.05, 3.63) is 0 Å². The van der Waals surface area contributed by atoms with Gasteiger partial charge in [-0.05, 0) is 104 Å². The van der Waals surface area contributed by atoms with E-state index in [2.05, 4.69) is 27.7 Å². The fraction of sp³-hybridized carbons (Fsp3) is 0.903. The van der Waals surface area contributed by atoms with Crippen LogP contribution < -0.4 is 0 Å². The predicted molar refractivity (Wildman–Crippen MR) is 141 cm³/mol. The van der Waals surface area contributed by atoms with Crippen LogP contribution in [0.4, 0.5) is 0 Å². The van der Waals surface area contributed by atoms with E-state index in [1.54, 1.807) is 6.92 Å². The quantitative estimate of drug-likeness (QED) is 0.289. The summed E-state index contributed by atoms with van der Waals surface area (Å²) in [6.45, 7) is 12.6. The van der Waals surface area contributed by atoms with Gasteiger partial charge in [-0.15, -0.1) is 0 Å². The van der Waals surface area contributed by atoms with Gasteiger partial charge in [0.1, 0.15) is 12.2 Å². The molecule has 6 heteroatoms. The van der Waals surface area contributed by atoms with E-state index < -0.39 is 0 Å². The third kappa shape index (κ3) is 5.07. The molecule has 37 heavy (non-hydrogen) atoms. The molecule has 4 aliphatic rings. The molecule has 0 saturated heterocycles. The van der Waals surface area contributed by atoms with Crippen molar-refractivity contribution >= 4 is 17.9 Å². The van der Waals surface area contributed by atoms with E-state index in [4.69, 9.17) is 14.2 Å². The lowest BCUT2D eigenvalue weighted by Crippen LogP contribution is -2.63. The Kier molecular flexibility index (Phi) is 8.36. The lowest BCUT2D eigenvalue weighted by Gasteiger charge is -2.65. The molecule has 0 aromatic heterocycles. The van der Waals surface area contributed by atoms with Crippen LogP contribution in [0.2, 0.25) is 0 Å². The monoisotopic (exact) mass is 518 g/mol. The van der Waals surface area contributed by atoms with Crippen molar-refractivity contribution in [2.45, 2.75) is 118 Å². The molecular formula is C31H50O6. The summed E-state index contributed by atoms with van der Waals surface area (Å²) in [5.41, 5.74) is 0.375. The summed E-state index contributed by atoms with van der Waals surface area (Å²) in [6, 6.07) is 0. The minimum Gasteiger partial charge on any atom is -0.469 e. The van der Waals surface area contributed by atoms with Gasteiger partial charge in [-0.3, -0.25) is 14.4 Å². The van der Waals surface area contributed by atoms with Crippen molar-refractivity contribution < 1.29 is 28.6 Å². The Hall–Kier alpha value is -1.59. The van der Waals surface area contributed by atoms with Gasteiger partial charge in [-0.1, -0.05) is 27.7 Å². The molecule has 0 unspecified atom stereocenters. The molecular weight excluding hydrogens is 468 g/mol. The number of fused-ring (bicyclic) bond motifs is 5. The summed E-state index contributed by atoms with van der Waals surface area (Å²) in [5, 5.41) is 0. The van der Waals surface area contributed by atoms with Crippen molar-refractivity contribution in [2.24, 2.45) is 52.3 Å². The number of ether oxygens (including phenoxy) is 3. The maximum Gasteiger partial charge on any atom is 0.305 e. The molecule has 0 aliphatic heterocycles. The number of carbonyl (C=O) groups excluding carboxylic acids is 3. The van der Waals surface area contributed by atoms with Gasteiger partial charge in [0.05, 0.1) is 7.11 Å². The van der Waals surface area contributed by atoms with Gasteiger partial charge < -0.3 is 14.2 Å². The van der Waals surface area contributed by atoms with Crippen molar-refractivity contribution in [1.82, 2.24) is 0 Å². The van der Waals surface area contributed by atoms with Gasteiger partial charge >= 0.3 is 17.9 Å². The molecule has 0 bridgehead atoms. The zero-order valence-electron chi connectivity index (χ0n) is 24.2. The molecule has 0 spiro atoms. The highest BCUT2D eigenvalue weighted by Gasteiger charge is 2.66. The standard InChI is InChI=1S/C31H50O6/c1-8-22-26-17-21(36-19(3)32)13-15-31(26,6)25-14-16-30(5)23(18(2)9-12-27(34)35-7)10-11-24(30)28(25)29(22)37-20(4)33/h18,21-26,28-29H,8-17H2,1-7H3/t18-,21-,22-,23-,24+,25+,26+,28+,29-,30-,31-/m1/s1. The highest BCUT2D eigenvalue weighted by Crippen LogP contribution is 2.70. The maximum atomic E-state index is 12.5. The summed E-state index contributed by atoms with van der Waals surface area (Å²) < 4.78 is 16.9. The zero-order chi connectivity index (χ0) is 27.1. The van der Waals surface area contributed by atoms with Crippen LogP contribution in [0.1, 0.15) is 106 Å². The van der Waals surface area contributed by atoms with Gasteiger partial charge in [0.15, 0.2) is 0 Å². The molecule has 210 valence electrons. The Bertz CT molecular complexity index is 870. The number of esters is 3. The van der Waals surface area contributed by atoms with Crippen molar-refractivity contribution in [1.29, 1.82) is 0 Å². The number of rotatable bonds is 7. The third-order valence-corrected chi connectivity index (χ3v) is 11.8. The molecule has 0 radical (unpaired) electrons. The van der Waals surface area contributed by atoms with Crippen LogP contribution in [0, 0.1) is 52.3 Å². The molecule has 0 N–H and O–H groups in total. The van der Waals surface area contributed by atoms with Crippen molar-refractivity contribution in [2.75, 3.05) is 7.11 Å². The minimum atomic E-state index is -0.196. The minimum absolute atomic E-state index is 0.0282. The molecule has 0 amide bonds. The molecule has 4 saturated carbocycles. The maximum absolute atomic E-state index is 12.5. The molecule has 0 aromatic carbocycles. The highest BCUT2D eigenvalue weighted by atomic mass is 16.5. The Labute approximate surface area is 223 Å². The Morgan fingerprint density at radius 1 is 0.892 bits per heavy atom. The molecule has 0 heterocycles. The molecule has 4 fully saturated rings. The van der Waals surface area contributed by atoms with Crippen LogP contribution in [0.25, 0.3) is 0 Å². The number of hydrogen-bond acceptors (Lipinski definition) is 6. The Morgan fingerprint density at radius 2 is 1.54 bits per heavy atom. The van der Waals surface area contributed by atoms with E-state index in [1.807, 2.05) is 0 Å². The summed E-state index contributed by atoms with van der Waals surface area (Å²) >= 11 is 0. The summed E-state index contributed by atoms with van der Waals surface area (Å²) in [6.07, 6.45) is 9.83. The summed E-state index contributed by atoms with van der Waals surface area (Å²) in [5.74, 6) is 2.64. The van der Waals surface area contributed by atoms with Gasteiger partial charge in [0.2, 0.25) is 0 Å².